The average molecular weight is 245 g/mol. The summed E-state index contributed by atoms with van der Waals surface area (Å²) in [6, 6.07) is 5.22. The molecule has 0 aromatic heterocycles. The second-order valence-electron chi connectivity index (χ2n) is 2.95. The lowest BCUT2D eigenvalue weighted by atomic mass is 10.3. The van der Waals surface area contributed by atoms with Gasteiger partial charge in [-0.25, -0.2) is 0 Å². The maximum Gasteiger partial charge on any atom is 0.203 e. The van der Waals surface area contributed by atoms with Crippen molar-refractivity contribution in [1.82, 2.24) is 0 Å². The van der Waals surface area contributed by atoms with Crippen LogP contribution in [-0.2, 0) is 4.79 Å². The first-order valence-corrected chi connectivity index (χ1v) is 5.17. The fraction of sp³-hybridized carbons (Fsp3) is 0.364. The standard InChI is InChI=1S/C11H13ClO4/c1-14-9-4-3-5-10(15-2)11(9)16-7-8(13)6-12/h3-5H,6-7H2,1-2H3. The molecule has 5 heteroatoms. The predicted molar refractivity (Wildman–Crippen MR) is 60.8 cm³/mol. The van der Waals surface area contributed by atoms with Crippen molar-refractivity contribution in [3.8, 4) is 17.2 Å². The Morgan fingerprint density at radius 1 is 1.25 bits per heavy atom. The molecular formula is C11H13ClO4. The van der Waals surface area contributed by atoms with Gasteiger partial charge in [0.2, 0.25) is 5.75 Å². The van der Waals surface area contributed by atoms with Gasteiger partial charge >= 0.3 is 0 Å². The number of para-hydroxylation sites is 1. The number of ketones is 1. The minimum atomic E-state index is -0.199. The fourth-order valence-corrected chi connectivity index (χ4v) is 1.23. The van der Waals surface area contributed by atoms with Crippen LogP contribution in [0, 0.1) is 0 Å². The molecule has 0 saturated carbocycles. The number of halogens is 1. The number of alkyl halides is 1. The molecule has 0 heterocycles. The molecule has 1 aromatic carbocycles. The van der Waals surface area contributed by atoms with Crippen LogP contribution >= 0.6 is 11.6 Å². The number of carbonyl (C=O) groups excluding carboxylic acids is 1. The topological polar surface area (TPSA) is 44.8 Å². The molecule has 0 amide bonds. The van der Waals surface area contributed by atoms with Crippen LogP contribution < -0.4 is 14.2 Å². The lowest BCUT2D eigenvalue weighted by Crippen LogP contribution is -2.13. The summed E-state index contributed by atoms with van der Waals surface area (Å²) in [7, 11) is 3.04. The van der Waals surface area contributed by atoms with Gasteiger partial charge in [0.25, 0.3) is 0 Å². The Hall–Kier alpha value is -1.42. The third kappa shape index (κ3) is 3.03. The molecule has 16 heavy (non-hydrogen) atoms. The maximum absolute atomic E-state index is 11.0. The zero-order chi connectivity index (χ0) is 12.0. The van der Waals surface area contributed by atoms with Crippen LogP contribution in [0.5, 0.6) is 17.2 Å². The average Bonchev–Trinajstić information content (AvgIpc) is 2.35. The molecule has 0 aliphatic rings. The smallest absolute Gasteiger partial charge is 0.203 e. The Bertz CT molecular complexity index is 343. The normalized spacial score (nSPS) is 9.69. The Morgan fingerprint density at radius 2 is 1.81 bits per heavy atom. The number of rotatable bonds is 6. The maximum atomic E-state index is 11.0. The number of hydrogen-bond acceptors (Lipinski definition) is 4. The van der Waals surface area contributed by atoms with Gasteiger partial charge in [0.05, 0.1) is 20.1 Å². The molecule has 0 aliphatic heterocycles. The largest absolute Gasteiger partial charge is 0.493 e. The molecule has 88 valence electrons. The number of hydrogen-bond donors (Lipinski definition) is 0. The van der Waals surface area contributed by atoms with Crippen LogP contribution in [0.25, 0.3) is 0 Å². The predicted octanol–water partition coefficient (Wildman–Crippen LogP) is 1.89. The van der Waals surface area contributed by atoms with E-state index >= 15 is 0 Å². The summed E-state index contributed by atoms with van der Waals surface area (Å²) in [5.74, 6) is 1.17. The van der Waals surface area contributed by atoms with E-state index in [9.17, 15) is 4.79 Å². The Morgan fingerprint density at radius 3 is 2.25 bits per heavy atom. The summed E-state index contributed by atoms with van der Waals surface area (Å²) < 4.78 is 15.5. The van der Waals surface area contributed by atoms with Crippen molar-refractivity contribution in [2.24, 2.45) is 0 Å². The molecule has 1 rings (SSSR count). The van der Waals surface area contributed by atoms with E-state index in [1.165, 1.54) is 14.2 Å². The molecule has 0 atom stereocenters. The van der Waals surface area contributed by atoms with Gasteiger partial charge in [0.1, 0.15) is 6.61 Å². The highest BCUT2D eigenvalue weighted by atomic mass is 35.5. The van der Waals surface area contributed by atoms with Gasteiger partial charge in [0.15, 0.2) is 17.3 Å². The van der Waals surface area contributed by atoms with Crippen molar-refractivity contribution in [1.29, 1.82) is 0 Å². The second-order valence-corrected chi connectivity index (χ2v) is 3.22. The highest BCUT2D eigenvalue weighted by molar-refractivity contribution is 6.27. The first-order chi connectivity index (χ1) is 7.72. The number of Topliss-reactive ketones (excluding diaryl/α,β-unsaturated/α-hetero) is 1. The highest BCUT2D eigenvalue weighted by Gasteiger charge is 2.12. The molecule has 0 unspecified atom stereocenters. The molecule has 4 nitrogen and oxygen atoms in total. The summed E-state index contributed by atoms with van der Waals surface area (Å²) in [6.45, 7) is -0.0970. The van der Waals surface area contributed by atoms with E-state index in [1.54, 1.807) is 18.2 Å². The van der Waals surface area contributed by atoms with Crippen LogP contribution in [0.1, 0.15) is 0 Å². The summed E-state index contributed by atoms with van der Waals surface area (Å²) in [5.41, 5.74) is 0. The van der Waals surface area contributed by atoms with Gasteiger partial charge < -0.3 is 14.2 Å². The third-order valence-electron chi connectivity index (χ3n) is 1.91. The minimum absolute atomic E-state index is 0.0720. The zero-order valence-corrected chi connectivity index (χ0v) is 9.91. The zero-order valence-electron chi connectivity index (χ0n) is 9.16. The van der Waals surface area contributed by atoms with Crippen LogP contribution in [-0.4, -0.2) is 32.5 Å². The van der Waals surface area contributed by atoms with Crippen LogP contribution in [0.2, 0.25) is 0 Å². The van der Waals surface area contributed by atoms with Gasteiger partial charge in [-0.05, 0) is 12.1 Å². The van der Waals surface area contributed by atoms with Crippen LogP contribution in [0.4, 0.5) is 0 Å². The van der Waals surface area contributed by atoms with Gasteiger partial charge in [-0.2, -0.15) is 0 Å². The molecule has 0 spiro atoms. The fourth-order valence-electron chi connectivity index (χ4n) is 1.15. The van der Waals surface area contributed by atoms with Crippen molar-refractivity contribution >= 4 is 17.4 Å². The minimum Gasteiger partial charge on any atom is -0.493 e. The summed E-state index contributed by atoms with van der Waals surface area (Å²) >= 11 is 5.37. The van der Waals surface area contributed by atoms with Crippen molar-refractivity contribution in [2.45, 2.75) is 0 Å². The van der Waals surface area contributed by atoms with E-state index in [1.807, 2.05) is 0 Å². The van der Waals surface area contributed by atoms with Crippen molar-refractivity contribution in [3.05, 3.63) is 18.2 Å². The van der Waals surface area contributed by atoms with E-state index in [0.29, 0.717) is 17.2 Å². The van der Waals surface area contributed by atoms with E-state index < -0.39 is 0 Å². The van der Waals surface area contributed by atoms with Crippen LogP contribution in [0.3, 0.4) is 0 Å². The molecule has 0 radical (unpaired) electrons. The van der Waals surface area contributed by atoms with E-state index in [0.717, 1.165) is 0 Å². The first-order valence-electron chi connectivity index (χ1n) is 4.64. The number of benzene rings is 1. The summed E-state index contributed by atoms with van der Waals surface area (Å²) in [5, 5.41) is 0. The molecule has 1 aromatic rings. The second kappa shape index (κ2) is 6.23. The van der Waals surface area contributed by atoms with Gasteiger partial charge in [-0.1, -0.05) is 6.07 Å². The third-order valence-corrected chi connectivity index (χ3v) is 2.21. The lowest BCUT2D eigenvalue weighted by Gasteiger charge is -2.13. The van der Waals surface area contributed by atoms with E-state index in [2.05, 4.69) is 0 Å². The monoisotopic (exact) mass is 244 g/mol. The molecule has 0 bridgehead atoms. The van der Waals surface area contributed by atoms with Gasteiger partial charge in [0, 0.05) is 0 Å². The Balaban J connectivity index is 2.86. The van der Waals surface area contributed by atoms with Gasteiger partial charge in [-0.3, -0.25) is 4.79 Å². The van der Waals surface area contributed by atoms with Crippen molar-refractivity contribution in [3.63, 3.8) is 0 Å². The number of carbonyl (C=O) groups is 1. The summed E-state index contributed by atoms with van der Waals surface area (Å²) in [4.78, 5) is 11.0. The molecule has 0 fully saturated rings. The number of ether oxygens (including phenoxy) is 3. The first kappa shape index (κ1) is 12.6. The summed E-state index contributed by atoms with van der Waals surface area (Å²) in [6.07, 6.45) is 0. The molecule has 0 N–H and O–H groups in total. The Labute approximate surface area is 99.1 Å². The molecule has 0 aliphatic carbocycles. The SMILES string of the molecule is COc1cccc(OC)c1OCC(=O)CCl. The molecule has 0 saturated heterocycles. The van der Waals surface area contributed by atoms with Gasteiger partial charge in [-0.15, -0.1) is 11.6 Å². The quantitative estimate of drug-likeness (QED) is 0.717. The number of methoxy groups -OCH3 is 2. The van der Waals surface area contributed by atoms with Crippen molar-refractivity contribution in [2.75, 3.05) is 26.7 Å². The Kier molecular flexibility index (Phi) is 4.92. The highest BCUT2D eigenvalue weighted by Crippen LogP contribution is 2.36. The van der Waals surface area contributed by atoms with Crippen LogP contribution in [0.15, 0.2) is 18.2 Å². The van der Waals surface area contributed by atoms with E-state index in [-0.39, 0.29) is 18.3 Å². The van der Waals surface area contributed by atoms with E-state index in [4.69, 9.17) is 25.8 Å². The lowest BCUT2D eigenvalue weighted by molar-refractivity contribution is -0.118. The molecular weight excluding hydrogens is 232 g/mol. The van der Waals surface area contributed by atoms with Crippen molar-refractivity contribution < 1.29 is 19.0 Å².